The van der Waals surface area contributed by atoms with Crippen LogP contribution in [0.25, 0.3) is 0 Å². The van der Waals surface area contributed by atoms with Gasteiger partial charge in [0.25, 0.3) is 0 Å². The third-order valence-electron chi connectivity index (χ3n) is 2.16. The summed E-state index contributed by atoms with van der Waals surface area (Å²) in [6.45, 7) is 0. The van der Waals surface area contributed by atoms with Crippen molar-refractivity contribution in [2.75, 3.05) is 12.3 Å². The van der Waals surface area contributed by atoms with Gasteiger partial charge in [-0.3, -0.25) is 18.3 Å². The molecule has 0 aromatic rings. The summed E-state index contributed by atoms with van der Waals surface area (Å²) in [6, 6.07) is 0. The van der Waals surface area contributed by atoms with Gasteiger partial charge in [-0.15, -0.1) is 0 Å². The number of hydrogen-bond donors (Lipinski definition) is 8. The summed E-state index contributed by atoms with van der Waals surface area (Å²) in [4.78, 5) is 70.5. The summed E-state index contributed by atoms with van der Waals surface area (Å²) in [5, 5.41) is 0. The van der Waals surface area contributed by atoms with Crippen LogP contribution in [0, 0.1) is 0 Å². The topological polar surface area (TPSA) is 230 Å². The van der Waals surface area contributed by atoms with Crippen molar-refractivity contribution in [1.29, 1.82) is 0 Å². The molecule has 0 aliphatic heterocycles. The molecule has 2 atom stereocenters. The van der Waals surface area contributed by atoms with Gasteiger partial charge >= 0.3 is 30.4 Å². The lowest BCUT2D eigenvalue weighted by Gasteiger charge is -2.28. The third-order valence-corrected chi connectivity index (χ3v) is 7.52. The fraction of sp³-hybridized carbons (Fsp3) is 1.00. The second kappa shape index (κ2) is 7.49. The van der Waals surface area contributed by atoms with Crippen LogP contribution >= 0.6 is 30.4 Å². The molecule has 0 bridgehead atoms. The van der Waals surface area contributed by atoms with Crippen molar-refractivity contribution in [2.45, 2.75) is 11.3 Å². The highest BCUT2D eigenvalue weighted by Crippen LogP contribution is 2.60. The molecular weight excluding hydrogens is 375 g/mol. The zero-order valence-electron chi connectivity index (χ0n) is 9.57. The molecule has 8 N–H and O–H groups in total. The molecule has 0 aromatic heterocycles. The predicted molar refractivity (Wildman–Crippen MR) is 75.4 cm³/mol. The van der Waals surface area contributed by atoms with Crippen molar-refractivity contribution in [1.82, 2.24) is 0 Å². The van der Waals surface area contributed by atoms with E-state index >= 15 is 0 Å². The minimum absolute atomic E-state index is 0. The smallest absolute Gasteiger partial charge is 0.324 e. The second-order valence-corrected chi connectivity index (χ2v) is 11.1. The highest BCUT2D eigenvalue weighted by Gasteiger charge is 2.50. The maximum absolute atomic E-state index is 11.1. The Morgan fingerprint density at radius 2 is 0.762 bits per heavy atom. The summed E-state index contributed by atoms with van der Waals surface area (Å²) >= 11 is 0. The van der Waals surface area contributed by atoms with Gasteiger partial charge in [-0.1, -0.05) is 0 Å². The molecule has 17 heteroatoms. The van der Waals surface area contributed by atoms with Crippen LogP contribution in [0.3, 0.4) is 0 Å². The van der Waals surface area contributed by atoms with Crippen LogP contribution < -0.4 is 0 Å². The van der Waals surface area contributed by atoms with Crippen LogP contribution in [-0.2, 0) is 18.3 Å². The summed E-state index contributed by atoms with van der Waals surface area (Å²) in [7, 11) is -21.1. The van der Waals surface area contributed by atoms with Crippen molar-refractivity contribution in [3.63, 3.8) is 0 Å². The highest BCUT2D eigenvalue weighted by atomic mass is 31.2. The molecule has 0 radical (unpaired) electrons. The molecule has 0 fully saturated rings. The Morgan fingerprint density at radius 3 is 0.857 bits per heavy atom. The first-order valence-electron chi connectivity index (χ1n) is 4.63. The van der Waals surface area contributed by atoms with Crippen LogP contribution in [0.1, 0.15) is 0 Å². The molecule has 0 aliphatic carbocycles. The van der Waals surface area contributed by atoms with E-state index in [4.69, 9.17) is 39.1 Å². The fourth-order valence-electron chi connectivity index (χ4n) is 1.39. The Hall–Kier alpha value is 0.665. The molecule has 0 aromatic carbocycles. The second-order valence-electron chi connectivity index (χ2n) is 4.01. The van der Waals surface area contributed by atoms with E-state index in [9.17, 15) is 18.3 Å². The van der Waals surface area contributed by atoms with Gasteiger partial charge in [0.2, 0.25) is 0 Å². The van der Waals surface area contributed by atoms with Gasteiger partial charge in [0, 0.05) is 0 Å². The highest BCUT2D eigenvalue weighted by molar-refractivity contribution is 7.60. The lowest BCUT2D eigenvalue weighted by Crippen LogP contribution is -2.33. The van der Waals surface area contributed by atoms with Gasteiger partial charge in [0.1, 0.15) is 0 Å². The Kier molecular flexibility index (Phi) is 8.53. The first kappa shape index (κ1) is 23.9. The first-order chi connectivity index (χ1) is 8.43. The average molecular weight is 392 g/mol. The summed E-state index contributed by atoms with van der Waals surface area (Å²) in [5.74, 6) is 0. The van der Waals surface area contributed by atoms with Crippen LogP contribution in [0.2, 0.25) is 0 Å². The van der Waals surface area contributed by atoms with Crippen molar-refractivity contribution < 1.29 is 57.4 Å². The van der Waals surface area contributed by atoms with Crippen molar-refractivity contribution in [2.24, 2.45) is 0 Å². The first-order valence-corrected chi connectivity index (χ1v) is 11.6. The van der Waals surface area contributed by atoms with Gasteiger partial charge in [0.15, 0.2) is 0 Å². The molecule has 0 saturated carbocycles. The molecule has 12 nitrogen and oxygen atoms in total. The molecule has 0 saturated heterocycles. The van der Waals surface area contributed by atoms with Gasteiger partial charge in [-0.05, 0) is 0 Å². The van der Waals surface area contributed by atoms with Gasteiger partial charge in [0.05, 0.1) is 32.1 Å². The van der Waals surface area contributed by atoms with Crippen LogP contribution in [0.15, 0.2) is 0 Å². The van der Waals surface area contributed by atoms with E-state index in [1.54, 1.807) is 0 Å². The molecular formula is C4H17BO12P4. The van der Waals surface area contributed by atoms with Crippen molar-refractivity contribution >= 4 is 38.8 Å². The van der Waals surface area contributed by atoms with Gasteiger partial charge < -0.3 is 39.1 Å². The molecule has 21 heavy (non-hydrogen) atoms. The average Bonchev–Trinajstić information content (AvgIpc) is 2.04. The maximum Gasteiger partial charge on any atom is 0.330 e. The summed E-state index contributed by atoms with van der Waals surface area (Å²) in [6.07, 6.45) is -3.24. The normalized spacial score (nSPS) is 17.0. The number of hydrogen-bond acceptors (Lipinski definition) is 4. The van der Waals surface area contributed by atoms with E-state index < -0.39 is 54.0 Å². The molecule has 0 rings (SSSR count). The maximum atomic E-state index is 11.1. The van der Waals surface area contributed by atoms with Gasteiger partial charge in [-0.2, -0.15) is 0 Å². The van der Waals surface area contributed by atoms with E-state index in [0.717, 1.165) is 0 Å². The minimum atomic E-state index is -5.44. The molecule has 0 heterocycles. The van der Waals surface area contributed by atoms with Crippen LogP contribution in [0.5, 0.6) is 0 Å². The number of rotatable bonds is 7. The zero-order valence-corrected chi connectivity index (χ0v) is 13.1. The molecule has 0 aliphatic rings. The van der Waals surface area contributed by atoms with Crippen LogP contribution in [-0.4, -0.2) is 71.2 Å². The standard InChI is InChI=1S/C4H14O12P4.BH3/c5-17(6,7)1-3(19(11,12)13)4(20(14,15)16)2-18(8,9)10;/h3-4H,1-2H2,(H2,5,6,7)(H2,8,9,10)(H2,11,12,13)(H2,14,15,16);1H3. The largest absolute Gasteiger partial charge is 0.330 e. The Balaban J connectivity index is 0. The van der Waals surface area contributed by atoms with Crippen molar-refractivity contribution in [3.8, 4) is 0 Å². The van der Waals surface area contributed by atoms with E-state index in [2.05, 4.69) is 0 Å². The van der Waals surface area contributed by atoms with E-state index in [0.29, 0.717) is 0 Å². The quantitative estimate of drug-likeness (QED) is 0.163. The van der Waals surface area contributed by atoms with Crippen LogP contribution in [0.4, 0.5) is 0 Å². The molecule has 0 amide bonds. The molecule has 128 valence electrons. The molecule has 2 unspecified atom stereocenters. The fourth-order valence-corrected chi connectivity index (χ4v) is 8.34. The monoisotopic (exact) mass is 392 g/mol. The Bertz CT molecular complexity index is 473. The Labute approximate surface area is 120 Å². The third kappa shape index (κ3) is 10.1. The Morgan fingerprint density at radius 1 is 0.571 bits per heavy atom. The summed E-state index contributed by atoms with van der Waals surface area (Å²) in [5.41, 5.74) is -5.17. The minimum Gasteiger partial charge on any atom is -0.324 e. The summed E-state index contributed by atoms with van der Waals surface area (Å²) < 4.78 is 43.9. The predicted octanol–water partition coefficient (Wildman–Crippen LogP) is -2.75. The van der Waals surface area contributed by atoms with E-state index in [1.807, 2.05) is 0 Å². The molecule has 0 spiro atoms. The van der Waals surface area contributed by atoms with Gasteiger partial charge in [-0.25, -0.2) is 0 Å². The van der Waals surface area contributed by atoms with E-state index in [1.165, 1.54) is 0 Å². The lowest BCUT2D eigenvalue weighted by molar-refractivity contribution is 0.321. The lowest BCUT2D eigenvalue weighted by atomic mass is 10.3. The van der Waals surface area contributed by atoms with Crippen molar-refractivity contribution in [3.05, 3.63) is 0 Å². The SMILES string of the molecule is B.O=P(O)(O)CC(C(CP(=O)(O)O)P(=O)(O)O)P(=O)(O)O. The zero-order chi connectivity index (χ0) is 16.6. The van der Waals surface area contributed by atoms with E-state index in [-0.39, 0.29) is 8.41 Å².